The quantitative estimate of drug-likeness (QED) is 0.745. The molecule has 27 heavy (non-hydrogen) atoms. The molecule has 2 amide bonds. The van der Waals surface area contributed by atoms with Crippen LogP contribution in [0.25, 0.3) is 0 Å². The molecule has 2 aromatic carbocycles. The van der Waals surface area contributed by atoms with Crippen molar-refractivity contribution in [2.24, 2.45) is 0 Å². The van der Waals surface area contributed by atoms with Crippen molar-refractivity contribution in [3.63, 3.8) is 0 Å². The van der Waals surface area contributed by atoms with Crippen molar-refractivity contribution in [3.05, 3.63) is 47.5 Å². The summed E-state index contributed by atoms with van der Waals surface area (Å²) in [5, 5.41) is 5.69. The lowest BCUT2D eigenvalue weighted by molar-refractivity contribution is 0.174. The molecule has 3 rings (SSSR count). The summed E-state index contributed by atoms with van der Waals surface area (Å²) in [6, 6.07) is 11.2. The molecule has 0 saturated carbocycles. The lowest BCUT2D eigenvalue weighted by Crippen LogP contribution is -2.36. The highest BCUT2D eigenvalue weighted by Crippen LogP contribution is 2.32. The van der Waals surface area contributed by atoms with Crippen molar-refractivity contribution in [1.29, 1.82) is 0 Å². The summed E-state index contributed by atoms with van der Waals surface area (Å²) in [5.74, 6) is 2.85. The Morgan fingerprint density at radius 1 is 1.04 bits per heavy atom. The SMILES string of the molecule is CCOc1ccc(CCNC(=O)NCc2ccc3c(c2)OCO3)cc1OC. The maximum atomic E-state index is 12.0. The number of nitrogens with one attached hydrogen (secondary N) is 2. The zero-order valence-corrected chi connectivity index (χ0v) is 15.5. The maximum absolute atomic E-state index is 12.0. The Hall–Kier alpha value is -3.09. The minimum absolute atomic E-state index is 0.217. The van der Waals surface area contributed by atoms with Gasteiger partial charge in [-0.05, 0) is 48.7 Å². The van der Waals surface area contributed by atoms with Crippen molar-refractivity contribution in [1.82, 2.24) is 10.6 Å². The van der Waals surface area contributed by atoms with E-state index < -0.39 is 0 Å². The number of amides is 2. The van der Waals surface area contributed by atoms with Crippen LogP contribution in [0, 0.1) is 0 Å². The van der Waals surface area contributed by atoms with Gasteiger partial charge >= 0.3 is 6.03 Å². The predicted molar refractivity (Wildman–Crippen MR) is 101 cm³/mol. The lowest BCUT2D eigenvalue weighted by atomic mass is 10.1. The largest absolute Gasteiger partial charge is 0.493 e. The molecule has 0 fully saturated rings. The molecule has 0 atom stereocenters. The van der Waals surface area contributed by atoms with Crippen molar-refractivity contribution in [2.75, 3.05) is 27.1 Å². The van der Waals surface area contributed by atoms with Crippen molar-refractivity contribution < 1.29 is 23.7 Å². The van der Waals surface area contributed by atoms with Crippen molar-refractivity contribution in [2.45, 2.75) is 19.9 Å². The Bertz CT molecular complexity index is 794. The molecular weight excluding hydrogens is 348 g/mol. The first-order valence-electron chi connectivity index (χ1n) is 8.89. The van der Waals surface area contributed by atoms with E-state index in [0.717, 1.165) is 22.6 Å². The molecular formula is C20H24N2O5. The molecule has 7 heteroatoms. The van der Waals surface area contributed by atoms with Crippen LogP contribution in [-0.2, 0) is 13.0 Å². The molecule has 0 aromatic heterocycles. The summed E-state index contributed by atoms with van der Waals surface area (Å²) >= 11 is 0. The van der Waals surface area contributed by atoms with Crippen molar-refractivity contribution in [3.8, 4) is 23.0 Å². The van der Waals surface area contributed by atoms with E-state index in [2.05, 4.69) is 10.6 Å². The molecule has 0 bridgehead atoms. The van der Waals surface area contributed by atoms with E-state index in [1.165, 1.54) is 0 Å². The maximum Gasteiger partial charge on any atom is 0.315 e. The third-order valence-electron chi connectivity index (χ3n) is 4.12. The molecule has 7 nitrogen and oxygen atoms in total. The zero-order chi connectivity index (χ0) is 19.1. The van der Waals surface area contributed by atoms with Gasteiger partial charge in [0.2, 0.25) is 6.79 Å². The van der Waals surface area contributed by atoms with Crippen LogP contribution in [0.5, 0.6) is 23.0 Å². The lowest BCUT2D eigenvalue weighted by Gasteiger charge is -2.12. The number of hydrogen-bond acceptors (Lipinski definition) is 5. The number of benzene rings is 2. The van der Waals surface area contributed by atoms with Crippen LogP contribution < -0.4 is 29.6 Å². The van der Waals surface area contributed by atoms with E-state index in [0.29, 0.717) is 37.6 Å². The first-order chi connectivity index (χ1) is 13.2. The normalized spacial score (nSPS) is 11.8. The van der Waals surface area contributed by atoms with Gasteiger partial charge < -0.3 is 29.6 Å². The molecule has 2 aromatic rings. The highest BCUT2D eigenvalue weighted by Gasteiger charge is 2.13. The number of urea groups is 1. The van der Waals surface area contributed by atoms with E-state index in [9.17, 15) is 4.79 Å². The standard InChI is InChI=1S/C20H24N2O5/c1-3-25-16-6-4-14(10-18(16)24-2)8-9-21-20(23)22-12-15-5-7-17-19(11-15)27-13-26-17/h4-7,10-11H,3,8-9,12-13H2,1-2H3,(H2,21,22,23). The van der Waals surface area contributed by atoms with Gasteiger partial charge in [0, 0.05) is 13.1 Å². The summed E-state index contributed by atoms with van der Waals surface area (Å²) in [6.07, 6.45) is 0.695. The van der Waals surface area contributed by atoms with Gasteiger partial charge in [0.25, 0.3) is 0 Å². The molecule has 1 aliphatic heterocycles. The number of hydrogen-bond donors (Lipinski definition) is 2. The first kappa shape index (κ1) is 18.7. The fourth-order valence-corrected chi connectivity index (χ4v) is 2.76. The minimum Gasteiger partial charge on any atom is -0.493 e. The molecule has 2 N–H and O–H groups in total. The zero-order valence-electron chi connectivity index (χ0n) is 15.5. The van der Waals surface area contributed by atoms with Gasteiger partial charge in [-0.1, -0.05) is 12.1 Å². The number of carbonyl (C=O) groups excluding carboxylic acids is 1. The topological polar surface area (TPSA) is 78.1 Å². The number of rotatable bonds is 8. The number of fused-ring (bicyclic) bond motifs is 1. The van der Waals surface area contributed by atoms with Crippen LogP contribution in [0.1, 0.15) is 18.1 Å². The second kappa shape index (κ2) is 9.02. The number of methoxy groups -OCH3 is 1. The van der Waals surface area contributed by atoms with Gasteiger partial charge in [0.05, 0.1) is 13.7 Å². The van der Waals surface area contributed by atoms with Crippen LogP contribution >= 0.6 is 0 Å². The van der Waals surface area contributed by atoms with Crippen LogP contribution in [0.2, 0.25) is 0 Å². The van der Waals surface area contributed by atoms with Gasteiger partial charge in [-0.15, -0.1) is 0 Å². The van der Waals surface area contributed by atoms with Gasteiger partial charge in [0.15, 0.2) is 23.0 Å². The predicted octanol–water partition coefficient (Wildman–Crippen LogP) is 2.86. The van der Waals surface area contributed by atoms with Gasteiger partial charge in [-0.3, -0.25) is 0 Å². The minimum atomic E-state index is -0.217. The average Bonchev–Trinajstić information content (AvgIpc) is 3.15. The molecule has 1 aliphatic rings. The molecule has 0 spiro atoms. The first-order valence-corrected chi connectivity index (χ1v) is 8.89. The Labute approximate surface area is 158 Å². The van der Waals surface area contributed by atoms with E-state index in [-0.39, 0.29) is 12.8 Å². The summed E-state index contributed by atoms with van der Waals surface area (Å²) in [7, 11) is 1.61. The Kier molecular flexibility index (Phi) is 6.25. The molecule has 0 radical (unpaired) electrons. The molecule has 0 unspecified atom stereocenters. The summed E-state index contributed by atoms with van der Waals surface area (Å²) in [5.41, 5.74) is 2.01. The molecule has 0 aliphatic carbocycles. The Balaban J connectivity index is 1.43. The molecule has 1 heterocycles. The van der Waals surface area contributed by atoms with Gasteiger partial charge in [-0.2, -0.15) is 0 Å². The summed E-state index contributed by atoms with van der Waals surface area (Å²) < 4.78 is 21.5. The van der Waals surface area contributed by atoms with E-state index in [4.69, 9.17) is 18.9 Å². The fraction of sp³-hybridized carbons (Fsp3) is 0.350. The second-order valence-electron chi connectivity index (χ2n) is 5.97. The Morgan fingerprint density at radius 3 is 2.67 bits per heavy atom. The average molecular weight is 372 g/mol. The van der Waals surface area contributed by atoms with Gasteiger partial charge in [0.1, 0.15) is 0 Å². The fourth-order valence-electron chi connectivity index (χ4n) is 2.76. The third-order valence-corrected chi connectivity index (χ3v) is 4.12. The van der Waals surface area contributed by atoms with Crippen LogP contribution in [0.4, 0.5) is 4.79 Å². The third kappa shape index (κ3) is 4.97. The number of carbonyl (C=O) groups is 1. The number of ether oxygens (including phenoxy) is 4. The van der Waals surface area contributed by atoms with Crippen LogP contribution in [-0.4, -0.2) is 33.1 Å². The van der Waals surface area contributed by atoms with Gasteiger partial charge in [-0.25, -0.2) is 4.79 Å². The highest BCUT2D eigenvalue weighted by atomic mass is 16.7. The van der Waals surface area contributed by atoms with Crippen LogP contribution in [0.3, 0.4) is 0 Å². The summed E-state index contributed by atoms with van der Waals surface area (Å²) in [6.45, 7) is 3.69. The highest BCUT2D eigenvalue weighted by molar-refractivity contribution is 5.73. The molecule has 144 valence electrons. The van der Waals surface area contributed by atoms with Crippen LogP contribution in [0.15, 0.2) is 36.4 Å². The summed E-state index contributed by atoms with van der Waals surface area (Å²) in [4.78, 5) is 12.0. The molecule has 0 saturated heterocycles. The van der Waals surface area contributed by atoms with E-state index in [1.807, 2.05) is 43.3 Å². The monoisotopic (exact) mass is 372 g/mol. The second-order valence-corrected chi connectivity index (χ2v) is 5.97. The van der Waals surface area contributed by atoms with E-state index >= 15 is 0 Å². The Morgan fingerprint density at radius 2 is 1.85 bits per heavy atom. The van der Waals surface area contributed by atoms with E-state index in [1.54, 1.807) is 7.11 Å². The van der Waals surface area contributed by atoms with Crippen molar-refractivity contribution >= 4 is 6.03 Å². The smallest absolute Gasteiger partial charge is 0.315 e.